The van der Waals surface area contributed by atoms with Crippen LogP contribution in [0.25, 0.3) is 0 Å². The lowest BCUT2D eigenvalue weighted by atomic mass is 9.57. The Morgan fingerprint density at radius 3 is 2.91 bits per heavy atom. The molecule has 1 saturated carbocycles. The molecular weight excluding hydrogens is 296 g/mol. The minimum atomic E-state index is -0.142. The molecule has 23 heavy (non-hydrogen) atoms. The van der Waals surface area contributed by atoms with Crippen molar-refractivity contribution in [2.45, 2.75) is 58.6 Å². The van der Waals surface area contributed by atoms with E-state index >= 15 is 0 Å². The van der Waals surface area contributed by atoms with Gasteiger partial charge in [-0.2, -0.15) is 4.98 Å². The van der Waals surface area contributed by atoms with Crippen LogP contribution in [0.15, 0.2) is 4.52 Å². The first-order chi connectivity index (χ1) is 10.9. The number of nitrogens with zero attached hydrogens (tertiary/aromatic N) is 2. The summed E-state index contributed by atoms with van der Waals surface area (Å²) in [5.41, 5.74) is -0.00282. The van der Waals surface area contributed by atoms with Crippen LogP contribution in [-0.2, 0) is 11.2 Å². The molecule has 0 spiro atoms. The molecule has 2 aliphatic rings. The number of aromatic nitrogens is 2. The van der Waals surface area contributed by atoms with Crippen molar-refractivity contribution in [2.24, 2.45) is 11.3 Å². The van der Waals surface area contributed by atoms with E-state index in [2.05, 4.69) is 34.6 Å². The van der Waals surface area contributed by atoms with E-state index in [1.54, 1.807) is 0 Å². The van der Waals surface area contributed by atoms with E-state index in [1.165, 1.54) is 0 Å². The minimum Gasteiger partial charge on any atom is -0.377 e. The topological polar surface area (TPSA) is 89.3 Å². The van der Waals surface area contributed by atoms with Gasteiger partial charge in [0.25, 0.3) is 0 Å². The van der Waals surface area contributed by atoms with E-state index in [4.69, 9.17) is 9.26 Å². The molecule has 0 radical (unpaired) electrons. The summed E-state index contributed by atoms with van der Waals surface area (Å²) in [4.78, 5) is 16.4. The highest BCUT2D eigenvalue weighted by Crippen LogP contribution is 2.51. The van der Waals surface area contributed by atoms with Crippen LogP contribution >= 0.6 is 0 Å². The standard InChI is InChI=1S/C16H26N4O3/c1-9(2)14-18-11(23-20-14)5-7-17-15(21)19-12-10-6-8-22-13(10)16(12,3)4/h9-10,12-13H,5-8H2,1-4H3,(H2,17,19,21)/t10-,12-,13+/m1/s1. The van der Waals surface area contributed by atoms with Crippen LogP contribution in [0.3, 0.4) is 0 Å². The first kappa shape index (κ1) is 16.2. The lowest BCUT2D eigenvalue weighted by Gasteiger charge is -2.54. The second-order valence-electron chi connectivity index (χ2n) is 7.39. The molecule has 2 heterocycles. The van der Waals surface area contributed by atoms with Gasteiger partial charge in [-0.05, 0) is 6.42 Å². The first-order valence-electron chi connectivity index (χ1n) is 8.38. The summed E-state index contributed by atoms with van der Waals surface area (Å²) in [7, 11) is 0. The predicted molar refractivity (Wildman–Crippen MR) is 84.0 cm³/mol. The largest absolute Gasteiger partial charge is 0.377 e. The van der Waals surface area contributed by atoms with Gasteiger partial charge in [0.05, 0.1) is 6.10 Å². The van der Waals surface area contributed by atoms with Gasteiger partial charge in [-0.15, -0.1) is 0 Å². The highest BCUT2D eigenvalue weighted by Gasteiger charge is 2.59. The maximum atomic E-state index is 12.1. The van der Waals surface area contributed by atoms with Gasteiger partial charge in [0.2, 0.25) is 5.89 Å². The molecule has 0 aromatic carbocycles. The SMILES string of the molecule is CC(C)c1noc(CCNC(=O)N[C@@H]2[C@H]3CCO[C@@H]3C2(C)C)n1. The van der Waals surface area contributed by atoms with Gasteiger partial charge in [-0.25, -0.2) is 4.79 Å². The zero-order chi connectivity index (χ0) is 16.6. The second kappa shape index (κ2) is 6.11. The van der Waals surface area contributed by atoms with Crippen molar-refractivity contribution < 1.29 is 14.1 Å². The average Bonchev–Trinajstić information content (AvgIpc) is 3.13. The normalized spacial score (nSPS) is 28.3. The third-order valence-electron chi connectivity index (χ3n) is 5.01. The van der Waals surface area contributed by atoms with Crippen LogP contribution in [0, 0.1) is 11.3 Å². The second-order valence-corrected chi connectivity index (χ2v) is 7.39. The van der Waals surface area contributed by atoms with Crippen molar-refractivity contribution in [3.63, 3.8) is 0 Å². The van der Waals surface area contributed by atoms with Crippen LogP contribution in [0.4, 0.5) is 4.79 Å². The van der Waals surface area contributed by atoms with Gasteiger partial charge in [-0.3, -0.25) is 0 Å². The molecule has 3 atom stereocenters. The zero-order valence-electron chi connectivity index (χ0n) is 14.3. The van der Waals surface area contributed by atoms with Crippen LogP contribution in [0.1, 0.15) is 51.7 Å². The summed E-state index contributed by atoms with van der Waals surface area (Å²) in [6.45, 7) is 9.60. The highest BCUT2D eigenvalue weighted by molar-refractivity contribution is 5.74. The van der Waals surface area contributed by atoms with E-state index in [0.29, 0.717) is 30.6 Å². The Morgan fingerprint density at radius 2 is 2.22 bits per heavy atom. The first-order valence-corrected chi connectivity index (χ1v) is 8.38. The zero-order valence-corrected chi connectivity index (χ0v) is 14.3. The molecule has 2 N–H and O–H groups in total. The number of fused-ring (bicyclic) bond motifs is 1. The number of nitrogens with one attached hydrogen (secondary N) is 2. The van der Waals surface area contributed by atoms with Crippen molar-refractivity contribution in [3.8, 4) is 0 Å². The molecule has 7 nitrogen and oxygen atoms in total. The van der Waals surface area contributed by atoms with Crippen molar-refractivity contribution in [1.29, 1.82) is 0 Å². The van der Waals surface area contributed by atoms with Crippen LogP contribution in [0.5, 0.6) is 0 Å². The molecule has 3 rings (SSSR count). The molecule has 1 aromatic rings. The van der Waals surface area contributed by atoms with Crippen LogP contribution < -0.4 is 10.6 Å². The summed E-state index contributed by atoms with van der Waals surface area (Å²) in [5, 5.41) is 9.87. The van der Waals surface area contributed by atoms with Gasteiger partial charge < -0.3 is 19.9 Å². The predicted octanol–water partition coefficient (Wildman–Crippen LogP) is 1.85. The maximum Gasteiger partial charge on any atom is 0.315 e. The number of carbonyl (C=O) groups excluding carboxylic acids is 1. The Hall–Kier alpha value is -1.63. The van der Waals surface area contributed by atoms with Gasteiger partial charge in [0, 0.05) is 42.9 Å². The van der Waals surface area contributed by atoms with E-state index < -0.39 is 0 Å². The molecule has 0 unspecified atom stereocenters. The smallest absolute Gasteiger partial charge is 0.315 e. The number of ether oxygens (including phenoxy) is 1. The monoisotopic (exact) mass is 322 g/mol. The third kappa shape index (κ3) is 3.06. The molecule has 128 valence electrons. The molecule has 7 heteroatoms. The average molecular weight is 322 g/mol. The van der Waals surface area contributed by atoms with E-state index in [1.807, 2.05) is 13.8 Å². The van der Waals surface area contributed by atoms with Gasteiger partial charge in [0.15, 0.2) is 5.82 Å². The highest BCUT2D eigenvalue weighted by atomic mass is 16.5. The summed E-state index contributed by atoms with van der Waals surface area (Å²) >= 11 is 0. The Morgan fingerprint density at radius 1 is 1.43 bits per heavy atom. The number of urea groups is 1. The lowest BCUT2D eigenvalue weighted by molar-refractivity contribution is -0.108. The molecule has 1 aliphatic heterocycles. The molecule has 1 aromatic heterocycles. The fourth-order valence-corrected chi connectivity index (χ4v) is 3.70. The number of amides is 2. The molecule has 2 fully saturated rings. The molecule has 0 bridgehead atoms. The Bertz CT molecular complexity index is 569. The Balaban J connectivity index is 1.43. The van der Waals surface area contributed by atoms with Gasteiger partial charge in [0.1, 0.15) is 0 Å². The van der Waals surface area contributed by atoms with Crippen molar-refractivity contribution in [2.75, 3.05) is 13.2 Å². The maximum absolute atomic E-state index is 12.1. The van der Waals surface area contributed by atoms with Crippen molar-refractivity contribution in [3.05, 3.63) is 11.7 Å². The van der Waals surface area contributed by atoms with E-state index in [9.17, 15) is 4.79 Å². The Labute approximate surface area is 136 Å². The fraction of sp³-hybridized carbons (Fsp3) is 0.812. The summed E-state index contributed by atoms with van der Waals surface area (Å²) in [5.74, 6) is 1.95. The number of rotatable bonds is 5. The molecule has 1 saturated heterocycles. The van der Waals surface area contributed by atoms with Gasteiger partial charge in [-0.1, -0.05) is 32.9 Å². The summed E-state index contributed by atoms with van der Waals surface area (Å²) in [6, 6.07) is 0.0305. The van der Waals surface area contributed by atoms with Crippen LogP contribution in [0.2, 0.25) is 0 Å². The number of carbonyl (C=O) groups is 1. The molecule has 1 aliphatic carbocycles. The lowest BCUT2D eigenvalue weighted by Crippen LogP contribution is -2.67. The Kier molecular flexibility index (Phi) is 4.31. The van der Waals surface area contributed by atoms with E-state index in [-0.39, 0.29) is 29.5 Å². The van der Waals surface area contributed by atoms with E-state index in [0.717, 1.165) is 13.0 Å². The molecular formula is C16H26N4O3. The minimum absolute atomic E-state index is 0.00282. The summed E-state index contributed by atoms with van der Waals surface area (Å²) < 4.78 is 10.9. The van der Waals surface area contributed by atoms with Crippen molar-refractivity contribution >= 4 is 6.03 Å². The fourth-order valence-electron chi connectivity index (χ4n) is 3.70. The number of hydrogen-bond acceptors (Lipinski definition) is 5. The van der Waals surface area contributed by atoms with Gasteiger partial charge >= 0.3 is 6.03 Å². The number of hydrogen-bond donors (Lipinski definition) is 2. The summed E-state index contributed by atoms with van der Waals surface area (Å²) in [6.07, 6.45) is 1.84. The third-order valence-corrected chi connectivity index (χ3v) is 5.01. The quantitative estimate of drug-likeness (QED) is 0.863. The van der Waals surface area contributed by atoms with Crippen LogP contribution in [-0.4, -0.2) is 41.5 Å². The molecule has 2 amide bonds. The van der Waals surface area contributed by atoms with Crippen molar-refractivity contribution in [1.82, 2.24) is 20.8 Å².